The first-order valence-corrected chi connectivity index (χ1v) is 12.1. The number of anilines is 1. The molecule has 0 atom stereocenters. The van der Waals surface area contributed by atoms with Gasteiger partial charge in [-0.2, -0.15) is 0 Å². The quantitative estimate of drug-likeness (QED) is 0.386. The minimum absolute atomic E-state index is 0.0474. The van der Waals surface area contributed by atoms with Gasteiger partial charge >= 0.3 is 0 Å². The van der Waals surface area contributed by atoms with Gasteiger partial charge in [0.05, 0.1) is 22.0 Å². The Bertz CT molecular complexity index is 1320. The molecule has 0 spiro atoms. The van der Waals surface area contributed by atoms with Crippen LogP contribution in [0, 0.1) is 12.8 Å². The third-order valence-corrected chi connectivity index (χ3v) is 6.98. The van der Waals surface area contributed by atoms with Crippen molar-refractivity contribution in [2.75, 3.05) is 11.1 Å². The van der Waals surface area contributed by atoms with Gasteiger partial charge in [0.15, 0.2) is 5.16 Å². The van der Waals surface area contributed by atoms with Gasteiger partial charge in [-0.15, -0.1) is 21.5 Å². The molecule has 3 aromatic heterocycles. The molecule has 0 saturated carbocycles. The molecule has 4 rings (SSSR count). The fourth-order valence-electron chi connectivity index (χ4n) is 3.22. The summed E-state index contributed by atoms with van der Waals surface area (Å²) in [5.41, 5.74) is 2.32. The molecule has 0 saturated heterocycles. The molecule has 31 heavy (non-hydrogen) atoms. The average Bonchev–Trinajstić information content (AvgIpc) is 3.35. The Hall–Kier alpha value is -2.36. The topological polar surface area (TPSA) is 81.3 Å². The van der Waals surface area contributed by atoms with Crippen LogP contribution < -0.4 is 10.9 Å². The molecule has 0 aliphatic heterocycles. The largest absolute Gasteiger partial charge is 0.324 e. The molecule has 1 N–H and O–H groups in total. The average molecular weight is 476 g/mol. The first-order valence-electron chi connectivity index (χ1n) is 9.89. The van der Waals surface area contributed by atoms with Gasteiger partial charge in [-0.3, -0.25) is 18.6 Å². The summed E-state index contributed by atoms with van der Waals surface area (Å²) in [7, 11) is 0. The van der Waals surface area contributed by atoms with E-state index in [1.807, 2.05) is 28.8 Å². The summed E-state index contributed by atoms with van der Waals surface area (Å²) >= 11 is 8.89. The van der Waals surface area contributed by atoms with Gasteiger partial charge in [-0.25, -0.2) is 0 Å². The van der Waals surface area contributed by atoms with Gasteiger partial charge < -0.3 is 5.32 Å². The van der Waals surface area contributed by atoms with Crippen molar-refractivity contribution in [1.29, 1.82) is 0 Å². The SMILES string of the molecule is Cc1ccc(NC(=O)CSc2nnc3n(CCC(C)C)c(=O)c4sccc4n23)c(Cl)c1. The maximum absolute atomic E-state index is 13.0. The van der Waals surface area contributed by atoms with Crippen molar-refractivity contribution in [1.82, 2.24) is 19.2 Å². The van der Waals surface area contributed by atoms with E-state index in [1.54, 1.807) is 16.7 Å². The number of carbonyl (C=O) groups is 1. The number of thiophene rings is 1. The van der Waals surface area contributed by atoms with E-state index in [9.17, 15) is 9.59 Å². The molecule has 0 aliphatic carbocycles. The smallest absolute Gasteiger partial charge is 0.272 e. The Morgan fingerprint density at radius 1 is 1.29 bits per heavy atom. The molecule has 7 nitrogen and oxygen atoms in total. The summed E-state index contributed by atoms with van der Waals surface area (Å²) in [5.74, 6) is 0.908. The minimum atomic E-state index is -0.192. The third-order valence-electron chi connectivity index (χ3n) is 4.84. The van der Waals surface area contributed by atoms with Crippen LogP contribution in [-0.4, -0.2) is 30.8 Å². The van der Waals surface area contributed by atoms with Gasteiger partial charge in [0.1, 0.15) is 4.70 Å². The van der Waals surface area contributed by atoms with Crippen LogP contribution in [0.15, 0.2) is 39.6 Å². The van der Waals surface area contributed by atoms with Gasteiger partial charge in [0.25, 0.3) is 5.56 Å². The predicted octanol–water partition coefficient (Wildman–Crippen LogP) is 4.84. The van der Waals surface area contributed by atoms with Crippen molar-refractivity contribution < 1.29 is 4.79 Å². The summed E-state index contributed by atoms with van der Waals surface area (Å²) in [4.78, 5) is 25.5. The van der Waals surface area contributed by atoms with Gasteiger partial charge in [0.2, 0.25) is 11.7 Å². The first-order chi connectivity index (χ1) is 14.8. The fraction of sp³-hybridized carbons (Fsp3) is 0.333. The summed E-state index contributed by atoms with van der Waals surface area (Å²) in [6, 6.07) is 7.38. The van der Waals surface area contributed by atoms with E-state index in [0.717, 1.165) is 17.5 Å². The number of benzene rings is 1. The summed E-state index contributed by atoms with van der Waals surface area (Å²) in [5, 5.41) is 14.3. The van der Waals surface area contributed by atoms with Crippen LogP contribution in [0.5, 0.6) is 0 Å². The number of halogens is 1. The molecule has 0 bridgehead atoms. The van der Waals surface area contributed by atoms with Crippen molar-refractivity contribution >= 4 is 62.3 Å². The maximum atomic E-state index is 13.0. The van der Waals surface area contributed by atoms with Crippen LogP contribution in [0.25, 0.3) is 16.0 Å². The van der Waals surface area contributed by atoms with Crippen LogP contribution in [-0.2, 0) is 11.3 Å². The highest BCUT2D eigenvalue weighted by Crippen LogP contribution is 2.26. The summed E-state index contributed by atoms with van der Waals surface area (Å²) < 4.78 is 4.21. The van der Waals surface area contributed by atoms with Crippen LogP contribution in [0.1, 0.15) is 25.8 Å². The number of fused-ring (bicyclic) bond motifs is 3. The molecule has 1 amide bonds. The summed E-state index contributed by atoms with van der Waals surface area (Å²) in [6.45, 7) is 6.75. The zero-order valence-electron chi connectivity index (χ0n) is 17.4. The van der Waals surface area contributed by atoms with E-state index in [1.165, 1.54) is 23.1 Å². The Kier molecular flexibility index (Phi) is 6.36. The molecule has 162 valence electrons. The number of hydrogen-bond acceptors (Lipinski definition) is 6. The highest BCUT2D eigenvalue weighted by molar-refractivity contribution is 7.99. The molecule has 0 radical (unpaired) electrons. The number of hydrogen-bond donors (Lipinski definition) is 1. The highest BCUT2D eigenvalue weighted by atomic mass is 35.5. The molecule has 4 aromatic rings. The summed E-state index contributed by atoms with van der Waals surface area (Å²) in [6.07, 6.45) is 0.863. The standard InChI is InChI=1S/C21H22ClN5O2S2/c1-12(2)6-8-26-19(29)18-16(7-9-30-18)27-20(26)24-25-21(27)31-11-17(28)23-15-5-4-13(3)10-14(15)22/h4-5,7,9-10,12H,6,8,11H2,1-3H3,(H,23,28). The molecule has 0 unspecified atom stereocenters. The molecule has 1 aromatic carbocycles. The number of thioether (sulfide) groups is 1. The van der Waals surface area contributed by atoms with Crippen molar-refractivity contribution in [3.05, 3.63) is 50.6 Å². The lowest BCUT2D eigenvalue weighted by Crippen LogP contribution is -2.23. The Morgan fingerprint density at radius 2 is 2.10 bits per heavy atom. The van der Waals surface area contributed by atoms with Crippen LogP contribution in [0.2, 0.25) is 5.02 Å². The van der Waals surface area contributed by atoms with Crippen molar-refractivity contribution in [2.24, 2.45) is 5.92 Å². The van der Waals surface area contributed by atoms with E-state index < -0.39 is 0 Å². The molecule has 3 heterocycles. The molecule has 10 heteroatoms. The van der Waals surface area contributed by atoms with E-state index in [-0.39, 0.29) is 17.2 Å². The number of rotatable bonds is 7. The van der Waals surface area contributed by atoms with E-state index in [0.29, 0.717) is 38.8 Å². The zero-order valence-corrected chi connectivity index (χ0v) is 19.8. The van der Waals surface area contributed by atoms with Crippen molar-refractivity contribution in [3.63, 3.8) is 0 Å². The lowest BCUT2D eigenvalue weighted by molar-refractivity contribution is -0.113. The van der Waals surface area contributed by atoms with E-state index >= 15 is 0 Å². The van der Waals surface area contributed by atoms with Crippen LogP contribution in [0.3, 0.4) is 0 Å². The monoisotopic (exact) mass is 475 g/mol. The predicted molar refractivity (Wildman–Crippen MR) is 128 cm³/mol. The Labute approximate surface area is 192 Å². The minimum Gasteiger partial charge on any atom is -0.324 e. The number of nitrogens with one attached hydrogen (secondary N) is 1. The zero-order chi connectivity index (χ0) is 22.1. The number of amides is 1. The van der Waals surface area contributed by atoms with E-state index in [4.69, 9.17) is 11.6 Å². The molecule has 0 fully saturated rings. The number of carbonyl (C=O) groups excluding carboxylic acids is 1. The Balaban J connectivity index is 1.61. The first kappa shape index (κ1) is 21.9. The van der Waals surface area contributed by atoms with Crippen molar-refractivity contribution in [3.8, 4) is 0 Å². The van der Waals surface area contributed by atoms with Gasteiger partial charge in [-0.1, -0.05) is 43.3 Å². The second kappa shape index (κ2) is 9.02. The second-order valence-electron chi connectivity index (χ2n) is 7.71. The van der Waals surface area contributed by atoms with Crippen LogP contribution >= 0.6 is 34.7 Å². The lowest BCUT2D eigenvalue weighted by Gasteiger charge is -2.11. The number of aryl methyl sites for hydroxylation is 2. The van der Waals surface area contributed by atoms with Gasteiger partial charge in [0, 0.05) is 6.54 Å². The molecular weight excluding hydrogens is 454 g/mol. The third kappa shape index (κ3) is 4.49. The normalized spacial score (nSPS) is 11.6. The van der Waals surface area contributed by atoms with Crippen LogP contribution in [0.4, 0.5) is 5.69 Å². The molecule has 0 aliphatic rings. The second-order valence-corrected chi connectivity index (χ2v) is 9.98. The van der Waals surface area contributed by atoms with E-state index in [2.05, 4.69) is 29.4 Å². The van der Waals surface area contributed by atoms with Crippen molar-refractivity contribution in [2.45, 2.75) is 38.9 Å². The molecular formula is C21H22ClN5O2S2. The maximum Gasteiger partial charge on any atom is 0.272 e. The fourth-order valence-corrected chi connectivity index (χ4v) is 5.07. The van der Waals surface area contributed by atoms with Gasteiger partial charge in [-0.05, 0) is 48.4 Å². The number of aromatic nitrogens is 4. The highest BCUT2D eigenvalue weighted by Gasteiger charge is 2.19. The Morgan fingerprint density at radius 3 is 2.84 bits per heavy atom. The number of nitrogens with zero attached hydrogens (tertiary/aromatic N) is 4. The lowest BCUT2D eigenvalue weighted by atomic mass is 10.1.